The molecule has 2 aromatic rings. The minimum absolute atomic E-state index is 0.107. The lowest BCUT2D eigenvalue weighted by atomic mass is 10.3. The van der Waals surface area contributed by atoms with Gasteiger partial charge < -0.3 is 0 Å². The van der Waals surface area contributed by atoms with Gasteiger partial charge in [-0.2, -0.15) is 0 Å². The molecule has 0 saturated carbocycles. The van der Waals surface area contributed by atoms with E-state index in [1.54, 1.807) is 36.4 Å². The van der Waals surface area contributed by atoms with E-state index < -0.39 is 10.0 Å². The molecule has 0 bridgehead atoms. The number of hydrogen-bond donors (Lipinski definition) is 1. The fourth-order valence-electron chi connectivity index (χ4n) is 1.29. The summed E-state index contributed by atoms with van der Waals surface area (Å²) < 4.78 is 27.2. The largest absolute Gasteiger partial charge is 0.280 e. The highest BCUT2D eigenvalue weighted by Gasteiger charge is 2.14. The Morgan fingerprint density at radius 2 is 1.82 bits per heavy atom. The third-order valence-corrected chi connectivity index (χ3v) is 3.87. The first kappa shape index (κ1) is 12.1. The number of para-hydroxylation sites is 1. The predicted molar refractivity (Wildman–Crippen MR) is 70.2 cm³/mol. The first-order valence-corrected chi connectivity index (χ1v) is 7.11. The molecule has 0 fully saturated rings. The summed E-state index contributed by atoms with van der Waals surface area (Å²) >= 11 is 3.23. The van der Waals surface area contributed by atoms with E-state index in [9.17, 15) is 8.42 Å². The lowest BCUT2D eigenvalue weighted by Crippen LogP contribution is -2.12. The summed E-state index contributed by atoms with van der Waals surface area (Å²) in [6, 6.07) is 16.2. The van der Waals surface area contributed by atoms with Gasteiger partial charge in [0.05, 0.1) is 4.90 Å². The number of nitrogens with one attached hydrogen (secondary N) is 1. The first-order chi connectivity index (χ1) is 8.08. The maximum Gasteiger partial charge on any atom is 0.262 e. The van der Waals surface area contributed by atoms with Gasteiger partial charge in [-0.15, -0.1) is 0 Å². The van der Waals surface area contributed by atoms with E-state index in [4.69, 9.17) is 0 Å². The van der Waals surface area contributed by atoms with Crippen LogP contribution >= 0.6 is 15.9 Å². The molecule has 1 N–H and O–H groups in total. The molecule has 0 aliphatic heterocycles. The van der Waals surface area contributed by atoms with Gasteiger partial charge in [0.1, 0.15) is 0 Å². The molecule has 1 radical (unpaired) electrons. The van der Waals surface area contributed by atoms with Crippen molar-refractivity contribution in [3.8, 4) is 0 Å². The van der Waals surface area contributed by atoms with Crippen LogP contribution in [-0.2, 0) is 10.0 Å². The van der Waals surface area contributed by atoms with Crippen LogP contribution in [0.25, 0.3) is 0 Å². The van der Waals surface area contributed by atoms with Crippen LogP contribution in [0.5, 0.6) is 0 Å². The van der Waals surface area contributed by atoms with E-state index in [-0.39, 0.29) is 4.90 Å². The van der Waals surface area contributed by atoms with Crippen LogP contribution in [0.3, 0.4) is 0 Å². The molecule has 0 amide bonds. The standard InChI is InChI=1S/C12H9BrNO2S/c13-10-5-4-8-12(9-10)17(15,16)14-11-6-2-1-3-7-11/h1-7,9,14H. The molecule has 0 spiro atoms. The summed E-state index contributed by atoms with van der Waals surface area (Å²) in [6.07, 6.45) is 0. The number of halogens is 1. The number of anilines is 1. The Bertz CT molecular complexity index is 611. The molecule has 3 nitrogen and oxygen atoms in total. The smallest absolute Gasteiger partial charge is 0.262 e. The maximum atomic E-state index is 12.0. The zero-order valence-corrected chi connectivity index (χ0v) is 11.1. The highest BCUT2D eigenvalue weighted by molar-refractivity contribution is 9.10. The molecule has 2 aromatic carbocycles. The SMILES string of the molecule is O=S(=O)(Nc1ccccc1)c1[c]ccc(Br)c1. The lowest BCUT2D eigenvalue weighted by Gasteiger charge is -2.07. The van der Waals surface area contributed by atoms with Crippen molar-refractivity contribution in [2.45, 2.75) is 4.90 Å². The summed E-state index contributed by atoms with van der Waals surface area (Å²) in [5, 5.41) is 0. The van der Waals surface area contributed by atoms with E-state index in [0.29, 0.717) is 10.2 Å². The summed E-state index contributed by atoms with van der Waals surface area (Å²) in [7, 11) is -3.57. The highest BCUT2D eigenvalue weighted by atomic mass is 79.9. The van der Waals surface area contributed by atoms with Gasteiger partial charge in [-0.1, -0.05) is 40.2 Å². The Kier molecular flexibility index (Phi) is 3.49. The van der Waals surface area contributed by atoms with E-state index in [2.05, 4.69) is 26.7 Å². The summed E-state index contributed by atoms with van der Waals surface area (Å²) in [6.45, 7) is 0. The van der Waals surface area contributed by atoms with E-state index >= 15 is 0 Å². The lowest BCUT2D eigenvalue weighted by molar-refractivity contribution is 0.601. The molecule has 0 unspecified atom stereocenters. The van der Waals surface area contributed by atoms with Gasteiger partial charge in [-0.05, 0) is 24.3 Å². The number of hydrogen-bond acceptors (Lipinski definition) is 2. The van der Waals surface area contributed by atoms with Crippen LogP contribution in [0.15, 0.2) is 57.9 Å². The van der Waals surface area contributed by atoms with Gasteiger partial charge in [0.15, 0.2) is 0 Å². The summed E-state index contributed by atoms with van der Waals surface area (Å²) in [5.74, 6) is 0. The fraction of sp³-hybridized carbons (Fsp3) is 0. The molecule has 87 valence electrons. The molecule has 0 aliphatic rings. The fourth-order valence-corrected chi connectivity index (χ4v) is 2.86. The Morgan fingerprint density at radius 3 is 2.47 bits per heavy atom. The molecule has 0 atom stereocenters. The normalized spacial score (nSPS) is 11.1. The summed E-state index contributed by atoms with van der Waals surface area (Å²) in [4.78, 5) is 0.107. The predicted octanol–water partition coefficient (Wildman–Crippen LogP) is 3.05. The van der Waals surface area contributed by atoms with Gasteiger partial charge in [0.2, 0.25) is 0 Å². The molecule has 0 heterocycles. The van der Waals surface area contributed by atoms with Crippen molar-refractivity contribution in [3.05, 3.63) is 59.1 Å². The van der Waals surface area contributed by atoms with E-state index in [1.807, 2.05) is 6.07 Å². The molecular weight excluding hydrogens is 302 g/mol. The average Bonchev–Trinajstić information content (AvgIpc) is 2.30. The summed E-state index contributed by atoms with van der Waals surface area (Å²) in [5.41, 5.74) is 0.529. The first-order valence-electron chi connectivity index (χ1n) is 4.83. The number of rotatable bonds is 3. The van der Waals surface area contributed by atoms with Crippen molar-refractivity contribution in [3.63, 3.8) is 0 Å². The van der Waals surface area contributed by atoms with Crippen LogP contribution in [0.1, 0.15) is 0 Å². The van der Waals surface area contributed by atoms with Gasteiger partial charge in [-0.3, -0.25) is 4.72 Å². The van der Waals surface area contributed by atoms with Crippen molar-refractivity contribution in [1.29, 1.82) is 0 Å². The zero-order chi connectivity index (χ0) is 12.3. The maximum absolute atomic E-state index is 12.0. The van der Waals surface area contributed by atoms with Crippen molar-refractivity contribution in [1.82, 2.24) is 0 Å². The average molecular weight is 311 g/mol. The zero-order valence-electron chi connectivity index (χ0n) is 8.72. The topological polar surface area (TPSA) is 46.2 Å². The van der Waals surface area contributed by atoms with E-state index in [1.165, 1.54) is 6.07 Å². The second-order valence-electron chi connectivity index (χ2n) is 3.34. The molecule has 2 rings (SSSR count). The Morgan fingerprint density at radius 1 is 1.12 bits per heavy atom. The van der Waals surface area contributed by atoms with Gasteiger partial charge in [0.25, 0.3) is 10.0 Å². The van der Waals surface area contributed by atoms with E-state index in [0.717, 1.165) is 0 Å². The van der Waals surface area contributed by atoms with Crippen molar-refractivity contribution >= 4 is 31.6 Å². The van der Waals surface area contributed by atoms with Crippen molar-refractivity contribution < 1.29 is 8.42 Å². The van der Waals surface area contributed by atoms with Gasteiger partial charge in [0, 0.05) is 16.2 Å². The quantitative estimate of drug-likeness (QED) is 0.947. The monoisotopic (exact) mass is 310 g/mol. The van der Waals surface area contributed by atoms with Crippen LogP contribution in [0, 0.1) is 6.07 Å². The minimum Gasteiger partial charge on any atom is -0.280 e. The van der Waals surface area contributed by atoms with Crippen molar-refractivity contribution in [2.24, 2.45) is 0 Å². The second kappa shape index (κ2) is 4.89. The second-order valence-corrected chi connectivity index (χ2v) is 5.91. The van der Waals surface area contributed by atoms with Crippen LogP contribution < -0.4 is 4.72 Å². The van der Waals surface area contributed by atoms with Crippen LogP contribution in [-0.4, -0.2) is 8.42 Å². The molecular formula is C12H9BrNO2S. The van der Waals surface area contributed by atoms with Crippen LogP contribution in [0.4, 0.5) is 5.69 Å². The molecule has 0 aliphatic carbocycles. The third-order valence-electron chi connectivity index (χ3n) is 2.05. The van der Waals surface area contributed by atoms with Gasteiger partial charge in [-0.25, -0.2) is 8.42 Å². The van der Waals surface area contributed by atoms with Gasteiger partial charge >= 0.3 is 0 Å². The van der Waals surface area contributed by atoms with Crippen molar-refractivity contribution in [2.75, 3.05) is 4.72 Å². The Hall–Kier alpha value is -1.33. The Labute approximate surface area is 109 Å². The van der Waals surface area contributed by atoms with Crippen LogP contribution in [0.2, 0.25) is 0 Å². The molecule has 5 heteroatoms. The minimum atomic E-state index is -3.57. The number of sulfonamides is 1. The molecule has 17 heavy (non-hydrogen) atoms. The Balaban J connectivity index is 2.32. The number of benzene rings is 2. The molecule has 0 aromatic heterocycles. The third kappa shape index (κ3) is 3.08. The highest BCUT2D eigenvalue weighted by Crippen LogP contribution is 2.18. The molecule has 0 saturated heterocycles.